The second-order valence-corrected chi connectivity index (χ2v) is 8.09. The van der Waals surface area contributed by atoms with E-state index in [9.17, 15) is 9.59 Å². The number of likely N-dealkylation sites (tertiary alicyclic amines) is 1. The number of nitrogens with zero attached hydrogens (tertiary/aromatic N) is 3. The summed E-state index contributed by atoms with van der Waals surface area (Å²) >= 11 is 1.51. The lowest BCUT2D eigenvalue weighted by molar-refractivity contribution is -0.136. The number of hydrogen-bond donors (Lipinski definition) is 0. The van der Waals surface area contributed by atoms with Gasteiger partial charge in [0.1, 0.15) is 0 Å². The number of hydrogen-bond acceptors (Lipinski definition) is 7. The number of aryl methyl sites for hydroxylation is 1. The quantitative estimate of drug-likeness (QED) is 0.622. The van der Waals surface area contributed by atoms with Crippen LogP contribution in [0.15, 0.2) is 28.1 Å². The van der Waals surface area contributed by atoms with Gasteiger partial charge < -0.3 is 14.2 Å². The molecular formula is C20H21N3O4S. The molecule has 146 valence electrons. The maximum absolute atomic E-state index is 12.8. The third-order valence-electron chi connectivity index (χ3n) is 4.95. The van der Waals surface area contributed by atoms with E-state index < -0.39 is 5.97 Å². The lowest BCUT2D eigenvalue weighted by atomic mass is 10.0. The highest BCUT2D eigenvalue weighted by atomic mass is 32.1. The molecule has 1 atom stereocenters. The monoisotopic (exact) mass is 399 g/mol. The van der Waals surface area contributed by atoms with Crippen molar-refractivity contribution in [1.82, 2.24) is 15.0 Å². The average molecular weight is 399 g/mol. The molecule has 4 rings (SSSR count). The number of pyridine rings is 1. The minimum absolute atomic E-state index is 0.161. The summed E-state index contributed by atoms with van der Waals surface area (Å²) < 4.78 is 10.6. The maximum Gasteiger partial charge on any atom is 0.339 e. The van der Waals surface area contributed by atoms with Crippen LogP contribution in [0.5, 0.6) is 0 Å². The molecule has 1 aliphatic heterocycles. The van der Waals surface area contributed by atoms with Crippen LogP contribution >= 0.6 is 11.3 Å². The Hall–Kier alpha value is -2.74. The van der Waals surface area contributed by atoms with Crippen molar-refractivity contribution >= 4 is 34.3 Å². The Kier molecular flexibility index (Phi) is 5.13. The van der Waals surface area contributed by atoms with Crippen molar-refractivity contribution in [3.8, 4) is 10.6 Å². The molecule has 3 aromatic rings. The minimum Gasteiger partial charge on any atom is -0.452 e. The second kappa shape index (κ2) is 7.71. The molecule has 0 aromatic carbocycles. The fraction of sp³-hybridized carbons (Fsp3) is 0.400. The number of esters is 1. The summed E-state index contributed by atoms with van der Waals surface area (Å²) in [6.45, 7) is 5.03. The van der Waals surface area contributed by atoms with E-state index >= 15 is 0 Å². The van der Waals surface area contributed by atoms with Gasteiger partial charge in [-0.3, -0.25) is 4.79 Å². The van der Waals surface area contributed by atoms with Crippen LogP contribution in [0.1, 0.15) is 35.8 Å². The van der Waals surface area contributed by atoms with E-state index in [0.29, 0.717) is 41.3 Å². The second-order valence-electron chi connectivity index (χ2n) is 7.14. The van der Waals surface area contributed by atoms with E-state index in [4.69, 9.17) is 9.26 Å². The lowest BCUT2D eigenvalue weighted by Gasteiger charge is -2.30. The molecule has 1 unspecified atom stereocenters. The Bertz CT molecular complexity index is 1010. The molecule has 3 aromatic heterocycles. The zero-order valence-corrected chi connectivity index (χ0v) is 16.6. The Morgan fingerprint density at radius 2 is 2.29 bits per heavy atom. The Morgan fingerprint density at radius 3 is 3.04 bits per heavy atom. The first-order chi connectivity index (χ1) is 13.5. The van der Waals surface area contributed by atoms with Crippen LogP contribution in [0.4, 0.5) is 0 Å². The van der Waals surface area contributed by atoms with Crippen molar-refractivity contribution < 1.29 is 18.8 Å². The minimum atomic E-state index is -0.574. The van der Waals surface area contributed by atoms with E-state index in [1.165, 1.54) is 11.3 Å². The van der Waals surface area contributed by atoms with Crippen LogP contribution in [0.3, 0.4) is 0 Å². The molecule has 1 fully saturated rings. The Morgan fingerprint density at radius 1 is 1.43 bits per heavy atom. The average Bonchev–Trinajstić information content (AvgIpc) is 3.35. The predicted octanol–water partition coefficient (Wildman–Crippen LogP) is 3.68. The number of aromatic nitrogens is 2. The van der Waals surface area contributed by atoms with Gasteiger partial charge in [0.05, 0.1) is 27.2 Å². The van der Waals surface area contributed by atoms with Crippen molar-refractivity contribution in [3.63, 3.8) is 0 Å². The number of piperidine rings is 1. The zero-order chi connectivity index (χ0) is 19.7. The number of thiophene rings is 1. The summed E-state index contributed by atoms with van der Waals surface area (Å²) in [4.78, 5) is 32.3. The largest absolute Gasteiger partial charge is 0.452 e. The van der Waals surface area contributed by atoms with Gasteiger partial charge in [0.25, 0.3) is 11.6 Å². The van der Waals surface area contributed by atoms with Crippen molar-refractivity contribution in [2.24, 2.45) is 5.92 Å². The van der Waals surface area contributed by atoms with E-state index in [2.05, 4.69) is 17.1 Å². The van der Waals surface area contributed by atoms with E-state index in [1.807, 2.05) is 17.5 Å². The van der Waals surface area contributed by atoms with E-state index in [1.54, 1.807) is 17.9 Å². The highest BCUT2D eigenvalue weighted by Gasteiger charge is 2.24. The molecule has 0 N–H and O–H groups in total. The van der Waals surface area contributed by atoms with Crippen molar-refractivity contribution in [3.05, 3.63) is 34.8 Å². The van der Waals surface area contributed by atoms with Gasteiger partial charge >= 0.3 is 5.97 Å². The van der Waals surface area contributed by atoms with Crippen LogP contribution in [-0.2, 0) is 9.53 Å². The first-order valence-corrected chi connectivity index (χ1v) is 10.2. The molecule has 4 heterocycles. The van der Waals surface area contributed by atoms with Gasteiger partial charge in [0.15, 0.2) is 6.61 Å². The fourth-order valence-corrected chi connectivity index (χ4v) is 4.20. The highest BCUT2D eigenvalue weighted by molar-refractivity contribution is 7.13. The molecule has 0 saturated carbocycles. The number of carbonyl (C=O) groups excluding carboxylic acids is 2. The molecule has 0 aliphatic carbocycles. The molecular weight excluding hydrogens is 378 g/mol. The molecule has 8 heteroatoms. The first-order valence-electron chi connectivity index (χ1n) is 9.28. The van der Waals surface area contributed by atoms with Crippen molar-refractivity contribution in [1.29, 1.82) is 0 Å². The van der Waals surface area contributed by atoms with E-state index in [-0.39, 0.29) is 18.2 Å². The SMILES string of the molecule is Cc1noc2nc(-c3cccs3)cc(C(=O)OCC(=O)N3CCCC(C)C3)c12. The topological polar surface area (TPSA) is 85.5 Å². The summed E-state index contributed by atoms with van der Waals surface area (Å²) in [6.07, 6.45) is 2.10. The molecule has 1 aliphatic rings. The Labute approximate surface area is 166 Å². The third-order valence-corrected chi connectivity index (χ3v) is 5.84. The number of carbonyl (C=O) groups is 2. The lowest BCUT2D eigenvalue weighted by Crippen LogP contribution is -2.41. The van der Waals surface area contributed by atoms with Gasteiger partial charge in [-0.1, -0.05) is 18.1 Å². The zero-order valence-electron chi connectivity index (χ0n) is 15.8. The van der Waals surface area contributed by atoms with Gasteiger partial charge in [-0.2, -0.15) is 0 Å². The summed E-state index contributed by atoms with van der Waals surface area (Å²) in [5.74, 6) is -0.262. The standard InChI is InChI=1S/C20H21N3O4S/c1-12-5-3-7-23(10-12)17(24)11-26-20(25)14-9-15(16-6-4-8-28-16)21-19-18(14)13(2)22-27-19/h4,6,8-9,12H,3,5,7,10-11H2,1-2H3. The van der Waals surface area contributed by atoms with Crippen LogP contribution in [0, 0.1) is 12.8 Å². The summed E-state index contributed by atoms with van der Waals surface area (Å²) in [6, 6.07) is 5.50. The fourth-order valence-electron chi connectivity index (χ4n) is 3.52. The van der Waals surface area contributed by atoms with Crippen LogP contribution < -0.4 is 0 Å². The van der Waals surface area contributed by atoms with Crippen LogP contribution in [0.2, 0.25) is 0 Å². The third kappa shape index (κ3) is 3.64. The highest BCUT2D eigenvalue weighted by Crippen LogP contribution is 2.29. The normalized spacial score (nSPS) is 17.1. The molecule has 0 radical (unpaired) electrons. The van der Waals surface area contributed by atoms with Gasteiger partial charge in [-0.15, -0.1) is 11.3 Å². The number of ether oxygens (including phenoxy) is 1. The summed E-state index contributed by atoms with van der Waals surface area (Å²) in [5, 5.41) is 6.37. The predicted molar refractivity (Wildman–Crippen MR) is 105 cm³/mol. The number of fused-ring (bicyclic) bond motifs is 1. The summed E-state index contributed by atoms with van der Waals surface area (Å²) in [5.41, 5.74) is 1.77. The Balaban J connectivity index is 1.56. The molecule has 0 spiro atoms. The molecule has 28 heavy (non-hydrogen) atoms. The van der Waals surface area contributed by atoms with Crippen molar-refractivity contribution in [2.45, 2.75) is 26.7 Å². The van der Waals surface area contributed by atoms with Gasteiger partial charge in [0.2, 0.25) is 0 Å². The molecule has 0 bridgehead atoms. The maximum atomic E-state index is 12.8. The van der Waals surface area contributed by atoms with Crippen LogP contribution in [-0.4, -0.2) is 46.6 Å². The van der Waals surface area contributed by atoms with Crippen molar-refractivity contribution in [2.75, 3.05) is 19.7 Å². The summed E-state index contributed by atoms with van der Waals surface area (Å²) in [7, 11) is 0. The van der Waals surface area contributed by atoms with Gasteiger partial charge in [0, 0.05) is 13.1 Å². The van der Waals surface area contributed by atoms with Gasteiger partial charge in [-0.05, 0) is 43.2 Å². The molecule has 1 amide bonds. The van der Waals surface area contributed by atoms with E-state index in [0.717, 1.165) is 17.7 Å². The molecule has 7 nitrogen and oxygen atoms in total. The number of amides is 1. The smallest absolute Gasteiger partial charge is 0.339 e. The molecule has 1 saturated heterocycles. The number of rotatable bonds is 4. The van der Waals surface area contributed by atoms with Gasteiger partial charge in [-0.25, -0.2) is 9.78 Å². The van der Waals surface area contributed by atoms with Crippen LogP contribution in [0.25, 0.3) is 21.7 Å². The first kappa shape index (κ1) is 18.6.